The zero-order chi connectivity index (χ0) is 13.0. The third-order valence-corrected chi connectivity index (χ3v) is 4.23. The van der Waals surface area contributed by atoms with Crippen LogP contribution in [-0.2, 0) is 0 Å². The largest absolute Gasteiger partial charge is 0.357 e. The number of hydrogen-bond donors (Lipinski definition) is 1. The van der Waals surface area contributed by atoms with E-state index in [1.54, 1.807) is 0 Å². The first-order valence-electron chi connectivity index (χ1n) is 6.69. The fraction of sp³-hybridized carbons (Fsp3) is 0.692. The third-order valence-electron chi connectivity index (χ3n) is 3.67. The molecular weight excluding hydrogens is 292 g/mol. The van der Waals surface area contributed by atoms with E-state index < -0.39 is 0 Å². The molecule has 1 aromatic rings. The molecule has 1 atom stereocenters. The van der Waals surface area contributed by atoms with Gasteiger partial charge >= 0.3 is 0 Å². The summed E-state index contributed by atoms with van der Waals surface area (Å²) < 4.78 is 0.983. The number of nitrogens with zero attached hydrogens (tertiary/aromatic N) is 3. The van der Waals surface area contributed by atoms with Crippen molar-refractivity contribution in [3.63, 3.8) is 0 Å². The van der Waals surface area contributed by atoms with Gasteiger partial charge in [-0.1, -0.05) is 13.3 Å². The van der Waals surface area contributed by atoms with Gasteiger partial charge in [-0.25, -0.2) is 4.98 Å². The lowest BCUT2D eigenvalue weighted by molar-refractivity contribution is 0.459. The van der Waals surface area contributed by atoms with Crippen LogP contribution in [0.4, 0.5) is 11.8 Å². The lowest BCUT2D eigenvalue weighted by Crippen LogP contribution is -2.26. The minimum Gasteiger partial charge on any atom is -0.357 e. The Balaban J connectivity index is 2.15. The highest BCUT2D eigenvalue weighted by atomic mass is 79.9. The van der Waals surface area contributed by atoms with Crippen molar-refractivity contribution in [3.8, 4) is 0 Å². The molecule has 0 saturated carbocycles. The molecule has 4 nitrogen and oxygen atoms in total. The Morgan fingerprint density at radius 3 is 3.00 bits per heavy atom. The van der Waals surface area contributed by atoms with Gasteiger partial charge in [0.15, 0.2) is 0 Å². The summed E-state index contributed by atoms with van der Waals surface area (Å²) in [6, 6.07) is 0. The molecule has 0 aliphatic carbocycles. The van der Waals surface area contributed by atoms with Crippen LogP contribution in [0.25, 0.3) is 0 Å². The van der Waals surface area contributed by atoms with Gasteiger partial charge in [0.05, 0.1) is 4.47 Å². The van der Waals surface area contributed by atoms with Gasteiger partial charge in [0.2, 0.25) is 5.95 Å². The highest BCUT2D eigenvalue weighted by Crippen LogP contribution is 2.28. The molecule has 0 bridgehead atoms. The van der Waals surface area contributed by atoms with E-state index in [1.807, 2.05) is 13.2 Å². The predicted molar refractivity (Wildman–Crippen MR) is 79.1 cm³/mol. The minimum absolute atomic E-state index is 0.685. The highest BCUT2D eigenvalue weighted by molar-refractivity contribution is 9.10. The van der Waals surface area contributed by atoms with E-state index >= 15 is 0 Å². The second kappa shape index (κ2) is 6.36. The topological polar surface area (TPSA) is 41.1 Å². The van der Waals surface area contributed by atoms with Crippen molar-refractivity contribution in [2.24, 2.45) is 5.92 Å². The van der Waals surface area contributed by atoms with Crippen molar-refractivity contribution in [3.05, 3.63) is 10.7 Å². The summed E-state index contributed by atoms with van der Waals surface area (Å²) in [4.78, 5) is 11.2. The fourth-order valence-electron chi connectivity index (χ4n) is 2.49. The molecule has 1 N–H and O–H groups in total. The van der Waals surface area contributed by atoms with Gasteiger partial charge in [0.1, 0.15) is 5.82 Å². The molecule has 1 fully saturated rings. The van der Waals surface area contributed by atoms with Crippen molar-refractivity contribution in [2.75, 3.05) is 30.4 Å². The van der Waals surface area contributed by atoms with E-state index in [9.17, 15) is 0 Å². The minimum atomic E-state index is 0.685. The lowest BCUT2D eigenvalue weighted by atomic mass is 9.98. The summed E-state index contributed by atoms with van der Waals surface area (Å²) in [6.45, 7) is 4.48. The van der Waals surface area contributed by atoms with E-state index in [0.29, 0.717) is 5.95 Å². The molecule has 1 aliphatic rings. The molecule has 2 rings (SSSR count). The van der Waals surface area contributed by atoms with Gasteiger partial charge in [0, 0.05) is 26.3 Å². The van der Waals surface area contributed by atoms with Crippen LogP contribution in [0, 0.1) is 5.92 Å². The van der Waals surface area contributed by atoms with Crippen LogP contribution in [0.15, 0.2) is 10.7 Å². The SMILES string of the molecule is CCC1CCCN(c2nc(NC)ncc2Br)CC1. The molecule has 0 amide bonds. The number of anilines is 2. The highest BCUT2D eigenvalue weighted by Gasteiger charge is 2.19. The maximum Gasteiger partial charge on any atom is 0.224 e. The van der Waals surface area contributed by atoms with Gasteiger partial charge in [-0.3, -0.25) is 0 Å². The number of hydrogen-bond acceptors (Lipinski definition) is 4. The summed E-state index contributed by atoms with van der Waals surface area (Å²) >= 11 is 3.56. The molecule has 1 unspecified atom stereocenters. The van der Waals surface area contributed by atoms with Crippen molar-refractivity contribution < 1.29 is 0 Å². The maximum atomic E-state index is 4.56. The van der Waals surface area contributed by atoms with E-state index in [2.05, 4.69) is 43.0 Å². The summed E-state index contributed by atoms with van der Waals surface area (Å²) in [5, 5.41) is 3.00. The van der Waals surface area contributed by atoms with Crippen LogP contribution in [0.5, 0.6) is 0 Å². The third kappa shape index (κ3) is 3.13. The first kappa shape index (κ1) is 13.6. The number of aromatic nitrogens is 2. The molecule has 18 heavy (non-hydrogen) atoms. The smallest absolute Gasteiger partial charge is 0.224 e. The van der Waals surface area contributed by atoms with Crippen LogP contribution in [0.2, 0.25) is 0 Å². The van der Waals surface area contributed by atoms with Crippen LogP contribution < -0.4 is 10.2 Å². The van der Waals surface area contributed by atoms with Gasteiger partial charge in [-0.15, -0.1) is 0 Å². The average Bonchev–Trinajstić information content (AvgIpc) is 2.64. The standard InChI is InChI=1S/C13H21BrN4/c1-3-10-5-4-7-18(8-6-10)12-11(14)9-16-13(15-2)17-12/h9-10H,3-8H2,1-2H3,(H,15,16,17). The van der Waals surface area contributed by atoms with Crippen molar-refractivity contribution >= 4 is 27.7 Å². The first-order chi connectivity index (χ1) is 8.74. The first-order valence-corrected chi connectivity index (χ1v) is 7.49. The second-order valence-corrected chi connectivity index (χ2v) is 5.66. The zero-order valence-electron chi connectivity index (χ0n) is 11.1. The van der Waals surface area contributed by atoms with Gasteiger partial charge in [-0.05, 0) is 41.1 Å². The molecule has 5 heteroatoms. The number of nitrogens with one attached hydrogen (secondary N) is 1. The Kier molecular flexibility index (Phi) is 4.80. The van der Waals surface area contributed by atoms with Crippen molar-refractivity contribution in [2.45, 2.75) is 32.6 Å². The van der Waals surface area contributed by atoms with Gasteiger partial charge in [0.25, 0.3) is 0 Å². The van der Waals surface area contributed by atoms with E-state index in [4.69, 9.17) is 0 Å². The maximum absolute atomic E-state index is 4.56. The Bertz CT molecular complexity index is 397. The number of halogens is 1. The number of rotatable bonds is 3. The Morgan fingerprint density at radius 1 is 1.44 bits per heavy atom. The lowest BCUT2D eigenvalue weighted by Gasteiger charge is -2.23. The molecule has 0 radical (unpaired) electrons. The molecular formula is C13H21BrN4. The molecule has 0 spiro atoms. The summed E-state index contributed by atoms with van der Waals surface area (Å²) in [5.41, 5.74) is 0. The summed E-state index contributed by atoms with van der Waals surface area (Å²) in [6.07, 6.45) is 6.98. The summed E-state index contributed by atoms with van der Waals surface area (Å²) in [5.74, 6) is 2.58. The van der Waals surface area contributed by atoms with E-state index in [-0.39, 0.29) is 0 Å². The predicted octanol–water partition coefficient (Wildman–Crippen LogP) is 3.30. The van der Waals surface area contributed by atoms with Crippen molar-refractivity contribution in [1.82, 2.24) is 9.97 Å². The Morgan fingerprint density at radius 2 is 2.28 bits per heavy atom. The zero-order valence-corrected chi connectivity index (χ0v) is 12.7. The Hall–Kier alpha value is -0.840. The molecule has 1 aliphatic heterocycles. The van der Waals surface area contributed by atoms with Gasteiger partial charge in [-0.2, -0.15) is 4.98 Å². The van der Waals surface area contributed by atoms with Crippen LogP contribution in [0.3, 0.4) is 0 Å². The molecule has 1 saturated heterocycles. The van der Waals surface area contributed by atoms with E-state index in [0.717, 1.165) is 29.3 Å². The normalized spacial score (nSPS) is 20.6. The van der Waals surface area contributed by atoms with Crippen LogP contribution >= 0.6 is 15.9 Å². The second-order valence-electron chi connectivity index (χ2n) is 4.81. The quantitative estimate of drug-likeness (QED) is 0.929. The molecule has 100 valence electrons. The fourth-order valence-corrected chi connectivity index (χ4v) is 2.93. The molecule has 1 aromatic heterocycles. The van der Waals surface area contributed by atoms with Crippen LogP contribution in [-0.4, -0.2) is 30.1 Å². The van der Waals surface area contributed by atoms with Crippen molar-refractivity contribution in [1.29, 1.82) is 0 Å². The van der Waals surface area contributed by atoms with E-state index in [1.165, 1.54) is 25.7 Å². The molecule has 0 aromatic carbocycles. The monoisotopic (exact) mass is 312 g/mol. The summed E-state index contributed by atoms with van der Waals surface area (Å²) in [7, 11) is 1.85. The average molecular weight is 313 g/mol. The molecule has 2 heterocycles. The van der Waals surface area contributed by atoms with Gasteiger partial charge < -0.3 is 10.2 Å². The Labute approximate surface area is 117 Å². The van der Waals surface area contributed by atoms with Crippen LogP contribution in [0.1, 0.15) is 32.6 Å².